The predicted molar refractivity (Wildman–Crippen MR) is 264 cm³/mol. The van der Waals surface area contributed by atoms with Gasteiger partial charge in [0.1, 0.15) is 30.8 Å². The van der Waals surface area contributed by atoms with Crippen LogP contribution >= 0.6 is 0 Å². The molecule has 6 atom stereocenters. The van der Waals surface area contributed by atoms with Gasteiger partial charge in [-0.1, -0.05) is 91.3 Å². The molecule has 5 amide bonds. The molecule has 18 heteroatoms. The molecule has 3 aromatic heterocycles. The number of Topliss-reactive ketones (excluding diaryl/α,β-unsaturated/α-hetero) is 1. The molecule has 8 rings (SSSR count). The first-order valence-electron chi connectivity index (χ1n) is 23.6. The van der Waals surface area contributed by atoms with Crippen molar-refractivity contribution < 1.29 is 48.5 Å². The molecule has 7 aromatic rings. The van der Waals surface area contributed by atoms with Gasteiger partial charge in [-0.3, -0.25) is 24.0 Å². The molecule has 1 aliphatic rings. The van der Waals surface area contributed by atoms with Gasteiger partial charge in [-0.2, -0.15) is 0 Å². The van der Waals surface area contributed by atoms with E-state index in [1.54, 1.807) is 18.6 Å². The molecule has 0 unspecified atom stereocenters. The van der Waals surface area contributed by atoms with Crippen molar-refractivity contribution in [3.05, 3.63) is 144 Å². The van der Waals surface area contributed by atoms with E-state index in [-0.39, 0.29) is 44.5 Å². The lowest BCUT2D eigenvalue weighted by atomic mass is 9.81. The van der Waals surface area contributed by atoms with E-state index in [2.05, 4.69) is 41.5 Å². The summed E-state index contributed by atoms with van der Waals surface area (Å²) in [6.45, 7) is -0.896. The van der Waals surface area contributed by atoms with E-state index < -0.39 is 78.4 Å². The minimum absolute atomic E-state index is 0.00422. The lowest BCUT2D eigenvalue weighted by molar-refractivity contribution is -0.143. The van der Waals surface area contributed by atoms with Crippen LogP contribution in [-0.4, -0.2) is 103 Å². The number of amides is 5. The Morgan fingerprint density at radius 2 is 1.07 bits per heavy atom. The zero-order valence-corrected chi connectivity index (χ0v) is 38.7. The number of fused-ring (bicyclic) bond motifs is 3. The number of aromatic nitrogens is 3. The second kappa shape index (κ2) is 22.9. The number of aliphatic hydroxyl groups is 1. The number of carbonyl (C=O) groups is 7. The summed E-state index contributed by atoms with van der Waals surface area (Å²) in [6.07, 6.45) is 5.75. The number of aliphatic carboxylic acids is 1. The number of carboxylic acids is 1. The van der Waals surface area contributed by atoms with Crippen LogP contribution in [0, 0.1) is 5.92 Å². The largest absolute Gasteiger partial charge is 0.480 e. The van der Waals surface area contributed by atoms with Crippen LogP contribution in [0.4, 0.5) is 4.79 Å². The molecule has 4 aromatic carbocycles. The van der Waals surface area contributed by atoms with Gasteiger partial charge in [-0.25, -0.2) is 9.59 Å². The number of hydrogen-bond donors (Lipinski definition) is 10. The maximum absolute atomic E-state index is 14.5. The molecular weight excluding hydrogens is 909 g/mol. The van der Waals surface area contributed by atoms with Crippen molar-refractivity contribution in [2.45, 2.75) is 88.2 Å². The zero-order chi connectivity index (χ0) is 49.9. The van der Waals surface area contributed by atoms with Crippen molar-refractivity contribution in [1.29, 1.82) is 0 Å². The molecule has 71 heavy (non-hydrogen) atoms. The number of ketones is 1. The van der Waals surface area contributed by atoms with Gasteiger partial charge in [-0.05, 0) is 59.7 Å². The van der Waals surface area contributed by atoms with E-state index >= 15 is 0 Å². The van der Waals surface area contributed by atoms with Crippen molar-refractivity contribution in [1.82, 2.24) is 41.5 Å². The molecule has 0 aliphatic heterocycles. The molecule has 18 nitrogen and oxygen atoms in total. The number of alkyl carbamates (subject to hydrolysis) is 1. The Hall–Kier alpha value is -8.25. The fraction of sp³-hybridized carbons (Fsp3) is 0.302. The van der Waals surface area contributed by atoms with Crippen LogP contribution < -0.4 is 26.6 Å². The zero-order valence-electron chi connectivity index (χ0n) is 38.7. The number of para-hydroxylation sites is 3. The summed E-state index contributed by atoms with van der Waals surface area (Å²) in [7, 11) is 0. The van der Waals surface area contributed by atoms with Crippen LogP contribution in [0.3, 0.4) is 0 Å². The summed E-state index contributed by atoms with van der Waals surface area (Å²) >= 11 is 0. The molecule has 0 bridgehead atoms. The van der Waals surface area contributed by atoms with Crippen LogP contribution in [0.5, 0.6) is 0 Å². The van der Waals surface area contributed by atoms with Gasteiger partial charge < -0.3 is 56.5 Å². The highest BCUT2D eigenvalue weighted by Crippen LogP contribution is 2.27. The number of rotatable bonds is 21. The van der Waals surface area contributed by atoms with Gasteiger partial charge in [0.05, 0.1) is 12.6 Å². The highest BCUT2D eigenvalue weighted by molar-refractivity contribution is 5.97. The molecule has 0 radical (unpaired) electrons. The quantitative estimate of drug-likeness (QED) is 0.0477. The maximum atomic E-state index is 14.5. The molecule has 3 heterocycles. The van der Waals surface area contributed by atoms with Crippen LogP contribution in [0.2, 0.25) is 0 Å². The number of aromatic amines is 3. The van der Waals surface area contributed by atoms with E-state index in [4.69, 9.17) is 4.74 Å². The van der Waals surface area contributed by atoms with Gasteiger partial charge in [0, 0.05) is 82.9 Å². The Labute approximate surface area is 407 Å². The van der Waals surface area contributed by atoms with Gasteiger partial charge in [-0.15, -0.1) is 0 Å². The summed E-state index contributed by atoms with van der Waals surface area (Å²) in [5.74, 6) is -4.99. The molecule has 10 N–H and O–H groups in total. The highest BCUT2D eigenvalue weighted by Gasteiger charge is 2.36. The van der Waals surface area contributed by atoms with Crippen LogP contribution in [0.1, 0.15) is 54.4 Å². The van der Waals surface area contributed by atoms with Crippen molar-refractivity contribution in [3.63, 3.8) is 0 Å². The number of ether oxygens (including phenoxy) is 1. The van der Waals surface area contributed by atoms with Gasteiger partial charge in [0.15, 0.2) is 5.78 Å². The van der Waals surface area contributed by atoms with Crippen molar-refractivity contribution in [2.24, 2.45) is 5.92 Å². The number of aliphatic hydroxyl groups excluding tert-OH is 1. The second-order valence-electron chi connectivity index (χ2n) is 17.8. The SMILES string of the molecule is O=C(CC[C@H]1CCC[C@@H](NC(=O)[C@H](Cc2c[nH]c3ccccc23)NC(=O)[C@H](Cc2c[nH]c3ccccc23)NC(=O)OCc2ccccc2)C1=O)N[C@@H](Cc1c[nH]c2ccccc12)C(=O)N[C@@H](CO)C(=O)O. The van der Waals surface area contributed by atoms with Crippen LogP contribution in [-0.2, 0) is 59.4 Å². The van der Waals surface area contributed by atoms with E-state index in [0.717, 1.165) is 49.4 Å². The third-order valence-electron chi connectivity index (χ3n) is 13.0. The average molecular weight is 965 g/mol. The topological polar surface area (TPSA) is 277 Å². The van der Waals surface area contributed by atoms with Crippen molar-refractivity contribution in [2.75, 3.05) is 6.61 Å². The van der Waals surface area contributed by atoms with Crippen molar-refractivity contribution in [3.8, 4) is 0 Å². The number of carboxylic acid groups (broad SMARTS) is 1. The molecule has 1 saturated carbocycles. The average Bonchev–Trinajstić information content (AvgIpc) is 4.11. The van der Waals surface area contributed by atoms with E-state index in [9.17, 15) is 43.8 Å². The normalized spacial score (nSPS) is 16.4. The number of H-pyrrole nitrogens is 3. The maximum Gasteiger partial charge on any atom is 0.408 e. The Balaban J connectivity index is 0.957. The number of hydrogen-bond acceptors (Lipinski definition) is 9. The van der Waals surface area contributed by atoms with Gasteiger partial charge in [0.25, 0.3) is 0 Å². The molecular formula is C53H56N8O10. The first-order valence-corrected chi connectivity index (χ1v) is 23.6. The first kappa shape index (κ1) is 49.2. The first-order chi connectivity index (χ1) is 34.4. The number of benzene rings is 4. The van der Waals surface area contributed by atoms with Crippen molar-refractivity contribution >= 4 is 74.2 Å². The Kier molecular flexibility index (Phi) is 15.9. The number of nitrogens with one attached hydrogen (secondary N) is 8. The van der Waals surface area contributed by atoms with Gasteiger partial charge in [0.2, 0.25) is 23.6 Å². The minimum atomic E-state index is -1.59. The van der Waals surface area contributed by atoms with Crippen LogP contribution in [0.25, 0.3) is 32.7 Å². The predicted octanol–water partition coefficient (Wildman–Crippen LogP) is 4.62. The summed E-state index contributed by atoms with van der Waals surface area (Å²) < 4.78 is 5.52. The van der Waals surface area contributed by atoms with E-state index in [0.29, 0.717) is 24.8 Å². The molecule has 1 aliphatic carbocycles. The lowest BCUT2D eigenvalue weighted by Crippen LogP contribution is -2.57. The second-order valence-corrected chi connectivity index (χ2v) is 17.8. The summed E-state index contributed by atoms with van der Waals surface area (Å²) in [6, 6.07) is 25.4. The van der Waals surface area contributed by atoms with E-state index in [1.165, 1.54) is 0 Å². The Bertz CT molecular complexity index is 3030. The Morgan fingerprint density at radius 3 is 1.59 bits per heavy atom. The highest BCUT2D eigenvalue weighted by atomic mass is 16.5. The monoisotopic (exact) mass is 964 g/mol. The fourth-order valence-electron chi connectivity index (χ4n) is 9.24. The standard InChI is InChI=1S/C53H56N8O10/c62-29-46(52(68)69)60-49(65)43(23-33-26-54-39-17-7-4-14-36(33)39)57-47(63)22-21-32-13-10-20-42(48(32)64)58-50(66)44(24-34-27-55-40-18-8-5-15-37(34)40)59-51(67)45(25-35-28-56-41-19-9-6-16-38(35)41)61-53(70)71-30-31-11-2-1-3-12-31/h1-9,11-12,14-19,26-28,32,42-46,54-56,62H,10,13,20-25,29-30H2,(H,57,63)(H,58,66)(H,59,67)(H,60,65)(H,61,70)(H,68,69)/t32-,42-,43+,44+,45+,46+/m1/s1. The molecule has 368 valence electrons. The third kappa shape index (κ3) is 12.3. The van der Waals surface area contributed by atoms with Gasteiger partial charge >= 0.3 is 12.1 Å². The van der Waals surface area contributed by atoms with Crippen LogP contribution in [0.15, 0.2) is 122 Å². The summed E-state index contributed by atoms with van der Waals surface area (Å²) in [4.78, 5) is 105. The lowest BCUT2D eigenvalue weighted by Gasteiger charge is -2.30. The minimum Gasteiger partial charge on any atom is -0.480 e. The number of carbonyl (C=O) groups excluding carboxylic acids is 6. The fourth-order valence-corrected chi connectivity index (χ4v) is 9.24. The Morgan fingerprint density at radius 1 is 0.592 bits per heavy atom. The summed E-state index contributed by atoms with van der Waals surface area (Å²) in [5.41, 5.74) is 5.38. The molecule has 0 saturated heterocycles. The smallest absolute Gasteiger partial charge is 0.408 e. The third-order valence-corrected chi connectivity index (χ3v) is 13.0. The molecule has 0 spiro atoms. The molecule has 1 fully saturated rings. The summed E-state index contributed by atoms with van der Waals surface area (Å²) in [5, 5.41) is 35.1. The van der Waals surface area contributed by atoms with E-state index in [1.807, 2.05) is 103 Å².